The van der Waals surface area contributed by atoms with Crippen LogP contribution in [0.3, 0.4) is 0 Å². The Balaban J connectivity index is 2.19. The standard InChI is InChI=1S/C13H13FN2O2S/c1-10-9-11(14)7-8-13(10)19(17,18)16-15-12-5-3-2-4-6-12/h2-9,15-16H,1H3. The van der Waals surface area contributed by atoms with Crippen molar-refractivity contribution in [3.63, 3.8) is 0 Å². The van der Waals surface area contributed by atoms with Crippen molar-refractivity contribution in [1.82, 2.24) is 4.83 Å². The van der Waals surface area contributed by atoms with E-state index in [-0.39, 0.29) is 4.90 Å². The minimum atomic E-state index is -3.73. The van der Waals surface area contributed by atoms with Crippen molar-refractivity contribution in [2.24, 2.45) is 0 Å². The van der Waals surface area contributed by atoms with Crippen molar-refractivity contribution in [2.75, 3.05) is 5.43 Å². The molecule has 0 atom stereocenters. The fourth-order valence-electron chi connectivity index (χ4n) is 1.62. The average molecular weight is 280 g/mol. The summed E-state index contributed by atoms with van der Waals surface area (Å²) in [5.41, 5.74) is 3.56. The zero-order chi connectivity index (χ0) is 13.9. The second-order valence-electron chi connectivity index (χ2n) is 4.01. The number of anilines is 1. The fourth-order valence-corrected chi connectivity index (χ4v) is 2.71. The van der Waals surface area contributed by atoms with Crippen LogP contribution in [0.25, 0.3) is 0 Å². The molecule has 2 N–H and O–H groups in total. The SMILES string of the molecule is Cc1cc(F)ccc1S(=O)(=O)NNc1ccccc1. The molecule has 0 spiro atoms. The van der Waals surface area contributed by atoms with Crippen LogP contribution in [0.2, 0.25) is 0 Å². The first-order chi connectivity index (χ1) is 8.99. The first-order valence-electron chi connectivity index (χ1n) is 5.58. The monoisotopic (exact) mass is 280 g/mol. The van der Waals surface area contributed by atoms with Crippen molar-refractivity contribution < 1.29 is 12.8 Å². The Kier molecular flexibility index (Phi) is 3.82. The zero-order valence-electron chi connectivity index (χ0n) is 10.2. The van der Waals surface area contributed by atoms with Gasteiger partial charge in [-0.05, 0) is 42.8 Å². The number of halogens is 1. The summed E-state index contributed by atoms with van der Waals surface area (Å²) in [4.78, 5) is 2.29. The minimum Gasteiger partial charge on any atom is -0.308 e. The number of aryl methyl sites for hydroxylation is 1. The van der Waals surface area contributed by atoms with Gasteiger partial charge in [0.05, 0.1) is 4.90 Å². The molecule has 0 aliphatic carbocycles. The van der Waals surface area contributed by atoms with Gasteiger partial charge >= 0.3 is 0 Å². The third-order valence-corrected chi connectivity index (χ3v) is 3.94. The van der Waals surface area contributed by atoms with Crippen molar-refractivity contribution in [1.29, 1.82) is 0 Å². The number of rotatable bonds is 4. The number of nitrogens with one attached hydrogen (secondary N) is 2. The smallest absolute Gasteiger partial charge is 0.257 e. The molecule has 0 radical (unpaired) electrons. The van der Waals surface area contributed by atoms with Gasteiger partial charge in [0.1, 0.15) is 5.82 Å². The molecule has 0 bridgehead atoms. The molecule has 2 aromatic rings. The minimum absolute atomic E-state index is 0.0392. The second-order valence-corrected chi connectivity index (χ2v) is 5.66. The molecule has 6 heteroatoms. The summed E-state index contributed by atoms with van der Waals surface area (Å²) < 4.78 is 37.0. The van der Waals surface area contributed by atoms with E-state index in [0.29, 0.717) is 11.3 Å². The lowest BCUT2D eigenvalue weighted by atomic mass is 10.2. The Morgan fingerprint density at radius 3 is 2.37 bits per heavy atom. The lowest BCUT2D eigenvalue weighted by molar-refractivity contribution is 0.585. The van der Waals surface area contributed by atoms with E-state index in [4.69, 9.17) is 0 Å². The van der Waals surface area contributed by atoms with Crippen LogP contribution in [0.15, 0.2) is 53.4 Å². The maximum atomic E-state index is 13.0. The molecule has 0 saturated heterocycles. The van der Waals surface area contributed by atoms with Gasteiger partial charge in [0, 0.05) is 5.69 Å². The Morgan fingerprint density at radius 1 is 1.05 bits per heavy atom. The van der Waals surface area contributed by atoms with Crippen LogP contribution in [0.1, 0.15) is 5.56 Å². The molecule has 2 rings (SSSR count). The molecule has 0 unspecified atom stereocenters. The summed E-state index contributed by atoms with van der Waals surface area (Å²) in [6.45, 7) is 1.54. The largest absolute Gasteiger partial charge is 0.308 e. The predicted molar refractivity (Wildman–Crippen MR) is 71.5 cm³/mol. The molecule has 0 aliphatic rings. The number of para-hydroxylation sites is 1. The maximum absolute atomic E-state index is 13.0. The Labute approximate surface area is 111 Å². The number of sulfonamides is 1. The summed E-state index contributed by atoms with van der Waals surface area (Å²) in [5, 5.41) is 0. The topological polar surface area (TPSA) is 58.2 Å². The van der Waals surface area contributed by atoms with E-state index in [9.17, 15) is 12.8 Å². The van der Waals surface area contributed by atoms with Crippen LogP contribution >= 0.6 is 0 Å². The molecule has 0 saturated carbocycles. The van der Waals surface area contributed by atoms with Gasteiger partial charge in [-0.2, -0.15) is 0 Å². The van der Waals surface area contributed by atoms with E-state index < -0.39 is 15.8 Å². The normalized spacial score (nSPS) is 11.3. The van der Waals surface area contributed by atoms with Crippen LogP contribution in [0.5, 0.6) is 0 Å². The van der Waals surface area contributed by atoms with Gasteiger partial charge in [0.2, 0.25) is 0 Å². The highest BCUT2D eigenvalue weighted by Crippen LogP contribution is 2.16. The number of hydrogen-bond acceptors (Lipinski definition) is 3. The third kappa shape index (κ3) is 3.30. The predicted octanol–water partition coefficient (Wildman–Crippen LogP) is 2.44. The number of hydrogen-bond donors (Lipinski definition) is 2. The summed E-state index contributed by atoms with van der Waals surface area (Å²) >= 11 is 0. The van der Waals surface area contributed by atoms with Gasteiger partial charge in [-0.1, -0.05) is 18.2 Å². The zero-order valence-corrected chi connectivity index (χ0v) is 11.0. The molecule has 0 fully saturated rings. The molecular formula is C13H13FN2O2S. The highest BCUT2D eigenvalue weighted by molar-refractivity contribution is 7.89. The Hall–Kier alpha value is -1.92. The van der Waals surface area contributed by atoms with Crippen molar-refractivity contribution in [3.05, 3.63) is 59.9 Å². The second kappa shape index (κ2) is 5.38. The fraction of sp³-hybridized carbons (Fsp3) is 0.0769. The molecule has 0 aliphatic heterocycles. The van der Waals surface area contributed by atoms with E-state index in [2.05, 4.69) is 10.3 Å². The molecule has 19 heavy (non-hydrogen) atoms. The number of hydrazine groups is 1. The van der Waals surface area contributed by atoms with Gasteiger partial charge < -0.3 is 5.43 Å². The van der Waals surface area contributed by atoms with Gasteiger partial charge in [-0.15, -0.1) is 4.83 Å². The Bertz CT molecular complexity index is 672. The van der Waals surface area contributed by atoms with Crippen LogP contribution in [-0.4, -0.2) is 8.42 Å². The third-order valence-electron chi connectivity index (χ3n) is 2.53. The van der Waals surface area contributed by atoms with Crippen molar-refractivity contribution >= 4 is 15.7 Å². The molecule has 4 nitrogen and oxygen atoms in total. The van der Waals surface area contributed by atoms with E-state index in [0.717, 1.165) is 6.07 Å². The highest BCUT2D eigenvalue weighted by atomic mass is 32.2. The van der Waals surface area contributed by atoms with E-state index in [1.165, 1.54) is 12.1 Å². The molecule has 2 aromatic carbocycles. The first-order valence-corrected chi connectivity index (χ1v) is 7.06. The molecule has 100 valence electrons. The van der Waals surface area contributed by atoms with E-state index in [1.807, 2.05) is 6.07 Å². The molecule has 0 aromatic heterocycles. The van der Waals surface area contributed by atoms with Gasteiger partial charge in [-0.25, -0.2) is 12.8 Å². The molecule has 0 amide bonds. The lowest BCUT2D eigenvalue weighted by Gasteiger charge is -2.11. The van der Waals surface area contributed by atoms with Gasteiger partial charge in [0.25, 0.3) is 10.0 Å². The summed E-state index contributed by atoms with van der Waals surface area (Å²) in [6.07, 6.45) is 0. The summed E-state index contributed by atoms with van der Waals surface area (Å²) in [7, 11) is -3.73. The van der Waals surface area contributed by atoms with Gasteiger partial charge in [-0.3, -0.25) is 0 Å². The molecular weight excluding hydrogens is 267 g/mol. The highest BCUT2D eigenvalue weighted by Gasteiger charge is 2.16. The summed E-state index contributed by atoms with van der Waals surface area (Å²) in [6, 6.07) is 12.4. The summed E-state index contributed by atoms with van der Waals surface area (Å²) in [5.74, 6) is -0.465. The van der Waals surface area contributed by atoms with Gasteiger partial charge in [0.15, 0.2) is 0 Å². The van der Waals surface area contributed by atoms with Crippen LogP contribution in [0.4, 0.5) is 10.1 Å². The number of benzene rings is 2. The molecule has 0 heterocycles. The first kappa shape index (κ1) is 13.5. The average Bonchev–Trinajstić information content (AvgIpc) is 2.37. The van der Waals surface area contributed by atoms with E-state index in [1.54, 1.807) is 31.2 Å². The van der Waals surface area contributed by atoms with Crippen LogP contribution in [-0.2, 0) is 10.0 Å². The van der Waals surface area contributed by atoms with E-state index >= 15 is 0 Å². The van der Waals surface area contributed by atoms with Crippen molar-refractivity contribution in [3.8, 4) is 0 Å². The maximum Gasteiger partial charge on any atom is 0.257 e. The van der Waals surface area contributed by atoms with Crippen molar-refractivity contribution in [2.45, 2.75) is 11.8 Å². The lowest BCUT2D eigenvalue weighted by Crippen LogP contribution is -2.30. The quantitative estimate of drug-likeness (QED) is 0.846. The Morgan fingerprint density at radius 2 is 1.74 bits per heavy atom. The van der Waals surface area contributed by atoms with Crippen LogP contribution in [0, 0.1) is 12.7 Å². The van der Waals surface area contributed by atoms with Crippen LogP contribution < -0.4 is 10.3 Å².